The van der Waals surface area contributed by atoms with E-state index in [0.717, 1.165) is 54.1 Å². The fraction of sp³-hybridized carbons (Fsp3) is 0.447. The van der Waals surface area contributed by atoms with Gasteiger partial charge in [0.2, 0.25) is 5.91 Å². The zero-order valence-corrected chi connectivity index (χ0v) is 28.7. The fourth-order valence-corrected chi connectivity index (χ4v) is 6.27. The summed E-state index contributed by atoms with van der Waals surface area (Å²) < 4.78 is 10.7. The van der Waals surface area contributed by atoms with Crippen LogP contribution in [0.5, 0.6) is 5.75 Å². The summed E-state index contributed by atoms with van der Waals surface area (Å²) in [5.74, 6) is 1.46. The van der Waals surface area contributed by atoms with E-state index in [-0.39, 0.29) is 17.8 Å². The van der Waals surface area contributed by atoms with Gasteiger partial charge in [-0.15, -0.1) is 11.3 Å². The number of hydrogen-bond donors (Lipinski definition) is 1. The number of carbonyl (C=O) groups is 2. The summed E-state index contributed by atoms with van der Waals surface area (Å²) >= 11 is 1.67. The number of amides is 1. The van der Waals surface area contributed by atoms with Crippen LogP contribution in [0.25, 0.3) is 6.08 Å². The molecule has 1 heterocycles. The first-order valence-corrected chi connectivity index (χ1v) is 17.0. The maximum Gasteiger partial charge on any atom is 0.333 e. The molecule has 1 amide bonds. The number of hydrogen-bond acceptors (Lipinski definition) is 6. The Balaban J connectivity index is 0.000000305. The second kappa shape index (κ2) is 18.9. The first kappa shape index (κ1) is 35.8. The number of carbonyl (C=O) groups excluding carboxylic acids is 2. The Morgan fingerprint density at radius 1 is 1.02 bits per heavy atom. The summed E-state index contributed by atoms with van der Waals surface area (Å²) in [4.78, 5) is 30.3. The highest BCUT2D eigenvalue weighted by molar-refractivity contribution is 7.11. The van der Waals surface area contributed by atoms with Crippen LogP contribution in [0.15, 0.2) is 71.8 Å². The molecule has 0 spiro atoms. The number of aryl methyl sites for hydroxylation is 1. The molecule has 1 fully saturated rings. The quantitative estimate of drug-likeness (QED) is 0.123. The molecule has 4 rings (SSSR count). The van der Waals surface area contributed by atoms with Gasteiger partial charge in [-0.2, -0.15) is 0 Å². The van der Waals surface area contributed by atoms with Crippen LogP contribution in [0.2, 0.25) is 0 Å². The monoisotopic (exact) mass is 630 g/mol. The third kappa shape index (κ3) is 13.0. The number of thiazole rings is 1. The molecular formula is C38H50N2O4S. The van der Waals surface area contributed by atoms with Crippen molar-refractivity contribution in [2.45, 2.75) is 93.2 Å². The minimum atomic E-state index is -0.294. The van der Waals surface area contributed by atoms with Crippen molar-refractivity contribution in [3.8, 4) is 5.75 Å². The van der Waals surface area contributed by atoms with Gasteiger partial charge >= 0.3 is 5.97 Å². The number of allylic oxidation sites excluding steroid dienone is 2. The second-order valence-electron chi connectivity index (χ2n) is 12.1. The average molecular weight is 631 g/mol. The van der Waals surface area contributed by atoms with Crippen molar-refractivity contribution in [3.63, 3.8) is 0 Å². The summed E-state index contributed by atoms with van der Waals surface area (Å²) in [7, 11) is 0. The van der Waals surface area contributed by atoms with E-state index in [9.17, 15) is 9.59 Å². The average Bonchev–Trinajstić information content (AvgIpc) is 3.40. The molecule has 1 aliphatic carbocycles. The number of ether oxygens (including phenoxy) is 2. The normalized spacial score (nSPS) is 14.0. The molecule has 3 aromatic rings. The number of benzene rings is 2. The van der Waals surface area contributed by atoms with E-state index in [1.807, 2.05) is 49.4 Å². The molecule has 0 bridgehead atoms. The van der Waals surface area contributed by atoms with Gasteiger partial charge in [0.25, 0.3) is 0 Å². The molecule has 0 unspecified atom stereocenters. The van der Waals surface area contributed by atoms with Gasteiger partial charge in [0.05, 0.1) is 18.8 Å². The lowest BCUT2D eigenvalue weighted by atomic mass is 9.89. The zero-order chi connectivity index (χ0) is 32.6. The van der Waals surface area contributed by atoms with Crippen molar-refractivity contribution in [2.75, 3.05) is 6.61 Å². The third-order valence-corrected chi connectivity index (χ3v) is 8.52. The van der Waals surface area contributed by atoms with Gasteiger partial charge in [-0.1, -0.05) is 81.1 Å². The van der Waals surface area contributed by atoms with E-state index >= 15 is 0 Å². The lowest BCUT2D eigenvalue weighted by molar-refractivity contribution is -0.138. The van der Waals surface area contributed by atoms with Crippen LogP contribution in [0.3, 0.4) is 0 Å². The van der Waals surface area contributed by atoms with E-state index in [2.05, 4.69) is 50.4 Å². The van der Waals surface area contributed by atoms with Crippen molar-refractivity contribution in [1.29, 1.82) is 0 Å². The van der Waals surface area contributed by atoms with Crippen molar-refractivity contribution < 1.29 is 19.1 Å². The van der Waals surface area contributed by atoms with E-state index in [1.165, 1.54) is 22.4 Å². The molecule has 45 heavy (non-hydrogen) atoms. The van der Waals surface area contributed by atoms with Gasteiger partial charge in [-0.3, -0.25) is 4.79 Å². The SMILES string of the molecule is CCOC(=O)/C(C)=C\C(C)=C\c1nc(CNC(=O)C2CCCCC2)sc1CC(C)C.Cc1ccc(OCc2ccccc2)cc1. The Bertz CT molecular complexity index is 1400. The van der Waals surface area contributed by atoms with Crippen LogP contribution in [-0.2, 0) is 33.9 Å². The van der Waals surface area contributed by atoms with Crippen LogP contribution in [0.4, 0.5) is 0 Å². The number of esters is 1. The summed E-state index contributed by atoms with van der Waals surface area (Å²) in [6, 6.07) is 18.3. The minimum absolute atomic E-state index is 0.159. The number of nitrogens with zero attached hydrogens (tertiary/aromatic N) is 1. The van der Waals surface area contributed by atoms with Gasteiger partial charge < -0.3 is 14.8 Å². The predicted octanol–water partition coefficient (Wildman–Crippen LogP) is 9.02. The highest BCUT2D eigenvalue weighted by Crippen LogP contribution is 2.26. The van der Waals surface area contributed by atoms with Crippen LogP contribution >= 0.6 is 11.3 Å². The highest BCUT2D eigenvalue weighted by Gasteiger charge is 2.21. The van der Waals surface area contributed by atoms with Crippen LogP contribution in [0.1, 0.15) is 93.4 Å². The molecule has 2 aromatic carbocycles. The van der Waals surface area contributed by atoms with Crippen LogP contribution in [-0.4, -0.2) is 23.5 Å². The van der Waals surface area contributed by atoms with Gasteiger partial charge in [0, 0.05) is 16.4 Å². The maximum atomic E-state index is 12.5. The molecular weight excluding hydrogens is 580 g/mol. The highest BCUT2D eigenvalue weighted by atomic mass is 32.1. The van der Waals surface area contributed by atoms with Crippen LogP contribution in [0, 0.1) is 18.8 Å². The summed E-state index contributed by atoms with van der Waals surface area (Å²) in [6.45, 7) is 13.5. The predicted molar refractivity (Wildman–Crippen MR) is 185 cm³/mol. The van der Waals surface area contributed by atoms with Crippen LogP contribution < -0.4 is 10.1 Å². The molecule has 1 N–H and O–H groups in total. The van der Waals surface area contributed by atoms with Crippen molar-refractivity contribution >= 4 is 29.3 Å². The van der Waals surface area contributed by atoms with Gasteiger partial charge in [0.15, 0.2) is 0 Å². The largest absolute Gasteiger partial charge is 0.489 e. The Labute approximate surface area is 274 Å². The standard InChI is InChI=1S/C24H36N2O3S.C14H14O/c1-6-29-24(28)18(5)13-17(4)14-20-21(12-16(2)3)30-22(26-20)15-25-23(27)19-10-8-7-9-11-19;1-12-7-9-14(10-8-12)15-11-13-5-3-2-4-6-13/h13-14,16,19H,6-12,15H2,1-5H3,(H,25,27);2-10H,11H2,1H3/b17-14+,18-13-;. The topological polar surface area (TPSA) is 77.5 Å². The van der Waals surface area contributed by atoms with Crippen molar-refractivity contribution in [1.82, 2.24) is 10.3 Å². The molecule has 0 radical (unpaired) electrons. The van der Waals surface area contributed by atoms with E-state index < -0.39 is 0 Å². The van der Waals surface area contributed by atoms with Crippen molar-refractivity contribution in [2.24, 2.45) is 11.8 Å². The lowest BCUT2D eigenvalue weighted by Gasteiger charge is -2.20. The first-order valence-electron chi connectivity index (χ1n) is 16.2. The first-order chi connectivity index (χ1) is 21.6. The molecule has 7 heteroatoms. The molecule has 0 atom stereocenters. The summed E-state index contributed by atoms with van der Waals surface area (Å²) in [5, 5.41) is 4.02. The third-order valence-electron chi connectivity index (χ3n) is 7.43. The van der Waals surface area contributed by atoms with E-state index in [1.54, 1.807) is 25.2 Å². The fourth-order valence-electron chi connectivity index (χ4n) is 5.07. The summed E-state index contributed by atoms with van der Waals surface area (Å²) in [5.41, 5.74) is 4.90. The second-order valence-corrected chi connectivity index (χ2v) is 13.3. The van der Waals surface area contributed by atoms with E-state index in [4.69, 9.17) is 14.5 Å². The number of aromatic nitrogens is 1. The number of nitrogens with one attached hydrogen (secondary N) is 1. The van der Waals surface area contributed by atoms with Gasteiger partial charge in [0.1, 0.15) is 17.4 Å². The molecule has 6 nitrogen and oxygen atoms in total. The Hall–Kier alpha value is -3.71. The smallest absolute Gasteiger partial charge is 0.333 e. The maximum absolute atomic E-state index is 12.5. The number of rotatable bonds is 12. The van der Waals surface area contributed by atoms with Gasteiger partial charge in [-0.25, -0.2) is 9.78 Å². The van der Waals surface area contributed by atoms with E-state index in [0.29, 0.717) is 31.2 Å². The molecule has 242 valence electrons. The Kier molecular flexibility index (Phi) is 15.1. The Morgan fingerprint density at radius 3 is 2.36 bits per heavy atom. The lowest BCUT2D eigenvalue weighted by Crippen LogP contribution is -2.31. The zero-order valence-electron chi connectivity index (χ0n) is 27.9. The summed E-state index contributed by atoms with van der Waals surface area (Å²) in [6.07, 6.45) is 10.3. The van der Waals surface area contributed by atoms with Crippen molar-refractivity contribution in [3.05, 3.63) is 98.5 Å². The molecule has 0 aliphatic heterocycles. The molecule has 0 saturated heterocycles. The molecule has 1 aromatic heterocycles. The Morgan fingerprint density at radius 2 is 1.71 bits per heavy atom. The molecule has 1 saturated carbocycles. The molecule has 1 aliphatic rings. The minimum Gasteiger partial charge on any atom is -0.489 e. The van der Waals surface area contributed by atoms with Gasteiger partial charge in [-0.05, 0) is 88.3 Å².